The van der Waals surface area contributed by atoms with Crippen molar-refractivity contribution in [3.05, 3.63) is 0 Å². The van der Waals surface area contributed by atoms with E-state index in [0.29, 0.717) is 0 Å². The molecular formula is C3H5KN2OS2. The summed E-state index contributed by atoms with van der Waals surface area (Å²) in [6, 6.07) is 0. The molecule has 0 aromatic rings. The first kappa shape index (κ1) is 13.0. The minimum Gasteiger partial charge on any atom is -0.409 e. The molecule has 0 rings (SSSR count). The van der Waals surface area contributed by atoms with E-state index in [2.05, 4.69) is 24.8 Å². The fourth-order valence-corrected chi connectivity index (χ4v) is 0.386. The van der Waals surface area contributed by atoms with Gasteiger partial charge in [0.25, 0.3) is 0 Å². The average molecular weight is 188 g/mol. The first-order chi connectivity index (χ1) is 3.55. The standard InChI is InChI=1S/C3H6N2OS2.K/c1-2(6)5(4)3(7)8;/h4H2,1H3,(H,7,8);/q;+1/p-1. The maximum absolute atomic E-state index is 10.2. The van der Waals surface area contributed by atoms with E-state index in [-0.39, 0.29) is 61.6 Å². The molecule has 1 amide bonds. The first-order valence-electron chi connectivity index (χ1n) is 1.82. The van der Waals surface area contributed by atoms with Crippen LogP contribution in [-0.2, 0) is 17.4 Å². The zero-order chi connectivity index (χ0) is 6.73. The maximum atomic E-state index is 10.2. The molecule has 0 aliphatic carbocycles. The van der Waals surface area contributed by atoms with Crippen molar-refractivity contribution in [3.63, 3.8) is 0 Å². The monoisotopic (exact) mass is 188 g/mol. The molecule has 0 saturated heterocycles. The van der Waals surface area contributed by atoms with E-state index >= 15 is 0 Å². The van der Waals surface area contributed by atoms with Crippen LogP contribution in [0.25, 0.3) is 0 Å². The van der Waals surface area contributed by atoms with Crippen molar-refractivity contribution in [2.75, 3.05) is 0 Å². The van der Waals surface area contributed by atoms with Crippen molar-refractivity contribution in [3.8, 4) is 0 Å². The second-order valence-corrected chi connectivity index (χ2v) is 2.19. The molecule has 6 heteroatoms. The number of amides is 1. The van der Waals surface area contributed by atoms with Gasteiger partial charge in [-0.25, -0.2) is 5.84 Å². The van der Waals surface area contributed by atoms with Crippen LogP contribution in [0.3, 0.4) is 0 Å². The van der Waals surface area contributed by atoms with Crippen molar-refractivity contribution in [2.45, 2.75) is 6.92 Å². The van der Waals surface area contributed by atoms with Gasteiger partial charge in [-0.3, -0.25) is 9.80 Å². The number of carbonyl (C=O) groups is 1. The maximum Gasteiger partial charge on any atom is 1.00 e. The molecule has 0 saturated carbocycles. The van der Waals surface area contributed by atoms with Gasteiger partial charge >= 0.3 is 51.4 Å². The summed E-state index contributed by atoms with van der Waals surface area (Å²) in [6.07, 6.45) is 0. The first-order valence-corrected chi connectivity index (χ1v) is 2.63. The summed E-state index contributed by atoms with van der Waals surface area (Å²) in [4.78, 5) is 10.2. The Balaban J connectivity index is 0. The second kappa shape index (κ2) is 6.11. The summed E-state index contributed by atoms with van der Waals surface area (Å²) in [6.45, 7) is 1.29. The van der Waals surface area contributed by atoms with Gasteiger partial charge in [0, 0.05) is 6.92 Å². The van der Waals surface area contributed by atoms with Crippen LogP contribution in [0.15, 0.2) is 0 Å². The molecule has 0 radical (unpaired) electrons. The molecule has 46 valence electrons. The van der Waals surface area contributed by atoms with Gasteiger partial charge in [-0.1, -0.05) is 0 Å². The molecular weight excluding hydrogens is 183 g/mol. The largest absolute Gasteiger partial charge is 1.00 e. The Hall–Kier alpha value is 1.38. The Kier molecular flexibility index (Phi) is 8.83. The molecule has 9 heavy (non-hydrogen) atoms. The molecule has 0 aromatic heterocycles. The van der Waals surface area contributed by atoms with Gasteiger partial charge in [-0.2, -0.15) is 0 Å². The average Bonchev–Trinajstić information content (AvgIpc) is 1.64. The van der Waals surface area contributed by atoms with E-state index in [4.69, 9.17) is 5.84 Å². The van der Waals surface area contributed by atoms with Crippen LogP contribution in [-0.4, -0.2) is 15.2 Å². The number of hydrogen-bond donors (Lipinski definition) is 1. The third-order valence-corrected chi connectivity index (χ3v) is 0.929. The Morgan fingerprint density at radius 2 is 2.11 bits per heavy atom. The van der Waals surface area contributed by atoms with Crippen LogP contribution >= 0.6 is 12.2 Å². The third kappa shape index (κ3) is 5.80. The molecule has 2 N–H and O–H groups in total. The quantitative estimate of drug-likeness (QED) is 0.107. The van der Waals surface area contributed by atoms with Crippen molar-refractivity contribution < 1.29 is 56.2 Å². The minimum absolute atomic E-state index is 0. The van der Waals surface area contributed by atoms with E-state index in [1.165, 1.54) is 6.92 Å². The van der Waals surface area contributed by atoms with E-state index in [1.54, 1.807) is 0 Å². The van der Waals surface area contributed by atoms with Crippen molar-refractivity contribution >= 4 is 35.1 Å². The summed E-state index contributed by atoms with van der Waals surface area (Å²) >= 11 is 8.78. The molecule has 0 unspecified atom stereocenters. The third-order valence-electron chi connectivity index (χ3n) is 0.536. The molecule has 0 heterocycles. The smallest absolute Gasteiger partial charge is 0.409 e. The number of rotatable bonds is 0. The molecule has 0 aromatic carbocycles. The zero-order valence-corrected chi connectivity index (χ0v) is 10.0. The number of hydrogen-bond acceptors (Lipinski definition) is 4. The summed E-state index contributed by atoms with van der Waals surface area (Å²) in [5, 5.41) is 0.741. The van der Waals surface area contributed by atoms with Gasteiger partial charge in [0.1, 0.15) is 0 Å². The number of thiocarbonyl (C=S) groups is 1. The van der Waals surface area contributed by atoms with Gasteiger partial charge in [-0.05, 0) is 4.32 Å². The van der Waals surface area contributed by atoms with Crippen LogP contribution < -0.4 is 57.2 Å². The van der Waals surface area contributed by atoms with Gasteiger partial charge in [-0.15, -0.1) is 0 Å². The van der Waals surface area contributed by atoms with Gasteiger partial charge < -0.3 is 24.8 Å². The molecule has 3 nitrogen and oxygen atoms in total. The fraction of sp³-hybridized carbons (Fsp3) is 0.333. The van der Waals surface area contributed by atoms with E-state index in [1.807, 2.05) is 0 Å². The predicted molar refractivity (Wildman–Crippen MR) is 36.7 cm³/mol. The predicted octanol–water partition coefficient (Wildman–Crippen LogP) is -3.46. The van der Waals surface area contributed by atoms with Crippen LogP contribution in [0, 0.1) is 0 Å². The Labute approximate surface area is 107 Å². The normalized spacial score (nSPS) is 7.33. The Bertz CT molecular complexity index is 115. The van der Waals surface area contributed by atoms with Crippen LogP contribution in [0.1, 0.15) is 6.92 Å². The van der Waals surface area contributed by atoms with E-state index < -0.39 is 0 Å². The van der Waals surface area contributed by atoms with Crippen LogP contribution in [0.4, 0.5) is 0 Å². The number of nitrogens with two attached hydrogens (primary N) is 1. The SMILES string of the molecule is CC(=O)N(N)C(=S)[S-].[K+]. The fourth-order valence-electron chi connectivity index (χ4n) is 0.129. The topological polar surface area (TPSA) is 46.3 Å². The van der Waals surface area contributed by atoms with Crippen molar-refractivity contribution in [1.82, 2.24) is 5.01 Å². The summed E-state index contributed by atoms with van der Waals surface area (Å²) in [5.41, 5.74) is 0. The Morgan fingerprint density at radius 3 is 2.11 bits per heavy atom. The summed E-state index contributed by atoms with van der Waals surface area (Å²) in [5.74, 6) is 4.66. The number of carbonyl (C=O) groups excluding carboxylic acids is 1. The molecule has 0 atom stereocenters. The van der Waals surface area contributed by atoms with Crippen LogP contribution in [0.5, 0.6) is 0 Å². The van der Waals surface area contributed by atoms with Crippen LogP contribution in [0.2, 0.25) is 0 Å². The van der Waals surface area contributed by atoms with E-state index in [0.717, 1.165) is 5.01 Å². The van der Waals surface area contributed by atoms with Gasteiger partial charge in [0.05, 0.1) is 0 Å². The summed E-state index contributed by atoms with van der Waals surface area (Å²) < 4.78 is -0.0301. The minimum atomic E-state index is -0.343. The molecule has 0 aliphatic heterocycles. The molecule has 0 aliphatic rings. The second-order valence-electron chi connectivity index (χ2n) is 1.15. The summed E-state index contributed by atoms with van der Waals surface area (Å²) in [7, 11) is 0. The van der Waals surface area contributed by atoms with Gasteiger partial charge in [0.15, 0.2) is 0 Å². The van der Waals surface area contributed by atoms with Crippen molar-refractivity contribution in [2.24, 2.45) is 5.84 Å². The molecule has 0 bridgehead atoms. The molecule has 0 spiro atoms. The number of nitrogens with zero attached hydrogens (tertiary/aromatic N) is 1. The van der Waals surface area contributed by atoms with Gasteiger partial charge in [0.2, 0.25) is 5.91 Å². The van der Waals surface area contributed by atoms with E-state index in [9.17, 15) is 4.79 Å². The number of hydrazine groups is 1. The molecule has 0 fully saturated rings. The Morgan fingerprint density at radius 1 is 1.78 bits per heavy atom. The van der Waals surface area contributed by atoms with Crippen molar-refractivity contribution in [1.29, 1.82) is 0 Å². The zero-order valence-electron chi connectivity index (χ0n) is 5.25.